The fourth-order valence-electron chi connectivity index (χ4n) is 8.48. The van der Waals surface area contributed by atoms with Crippen LogP contribution < -0.4 is 19.5 Å². The minimum absolute atomic E-state index is 0.0518. The van der Waals surface area contributed by atoms with E-state index in [0.717, 1.165) is 45.2 Å². The molecule has 2 fully saturated rings. The number of aryl methyl sites for hydroxylation is 2. The molecule has 1 saturated carbocycles. The Labute approximate surface area is 361 Å². The Hall–Kier alpha value is -4.93. The lowest BCUT2D eigenvalue weighted by Gasteiger charge is -2.30. The number of rotatable bonds is 10. The molecule has 16 heteroatoms. The predicted molar refractivity (Wildman–Crippen MR) is 234 cm³/mol. The number of allylic oxidation sites excluding steroid dienone is 2. The van der Waals surface area contributed by atoms with E-state index in [0.29, 0.717) is 46.8 Å². The molecule has 13 nitrogen and oxygen atoms in total. The van der Waals surface area contributed by atoms with Crippen LogP contribution in [0.4, 0.5) is 10.1 Å². The fraction of sp³-hybridized carbons (Fsp3) is 0.489. The van der Waals surface area contributed by atoms with Crippen molar-refractivity contribution in [2.75, 3.05) is 33.1 Å². The third-order valence-corrected chi connectivity index (χ3v) is 14.4. The molecule has 5 atom stereocenters. The molecule has 2 aromatic heterocycles. The Morgan fingerprint density at radius 2 is 1.85 bits per heavy atom. The first-order valence-electron chi connectivity index (χ1n) is 20.9. The Bertz CT molecular complexity index is 2450. The van der Waals surface area contributed by atoms with Gasteiger partial charge in [-0.3, -0.25) is 14.4 Å². The minimum Gasteiger partial charge on any atom is -0.496 e. The van der Waals surface area contributed by atoms with E-state index in [9.17, 15) is 27.2 Å². The predicted octanol–water partition coefficient (Wildman–Crippen LogP) is 7.48. The topological polar surface area (TPSA) is 160 Å². The van der Waals surface area contributed by atoms with Crippen LogP contribution in [-0.4, -0.2) is 91.1 Å². The summed E-state index contributed by atoms with van der Waals surface area (Å²) < 4.78 is 56.0. The number of ketones is 1. The van der Waals surface area contributed by atoms with Crippen LogP contribution >= 0.6 is 11.3 Å². The number of pyridine rings is 1. The zero-order valence-corrected chi connectivity index (χ0v) is 37.4. The lowest BCUT2D eigenvalue weighted by Crippen LogP contribution is -2.49. The van der Waals surface area contributed by atoms with E-state index >= 15 is 0 Å². The molecule has 3 aliphatic rings. The number of fused-ring (bicyclic) bond motifs is 3. The molecule has 1 saturated heterocycles. The van der Waals surface area contributed by atoms with Crippen molar-refractivity contribution in [3.63, 3.8) is 0 Å². The van der Waals surface area contributed by atoms with Crippen LogP contribution in [0, 0.1) is 31.0 Å². The number of carbonyl (C=O) groups excluding carboxylic acids is 3. The maximum atomic E-state index is 14.9. The highest BCUT2D eigenvalue weighted by atomic mass is 32.2. The molecule has 326 valence electrons. The number of nitrogens with one attached hydrogen (secondary N) is 2. The highest BCUT2D eigenvalue weighted by Gasteiger charge is 2.61. The van der Waals surface area contributed by atoms with Crippen molar-refractivity contribution in [2.45, 2.75) is 103 Å². The average Bonchev–Trinajstić information content (AvgIpc) is 3.48. The van der Waals surface area contributed by atoms with Crippen LogP contribution in [0.25, 0.3) is 21.6 Å². The van der Waals surface area contributed by atoms with Crippen LogP contribution in [-0.2, 0) is 24.6 Å². The second-order valence-electron chi connectivity index (χ2n) is 17.1. The van der Waals surface area contributed by atoms with E-state index < -0.39 is 45.5 Å². The quantitative estimate of drug-likeness (QED) is 0.153. The van der Waals surface area contributed by atoms with Crippen molar-refractivity contribution >= 4 is 55.7 Å². The average molecular weight is 875 g/mol. The first kappa shape index (κ1) is 44.1. The number of anilines is 1. The van der Waals surface area contributed by atoms with Crippen molar-refractivity contribution in [2.24, 2.45) is 11.3 Å². The Morgan fingerprint density at radius 3 is 2.56 bits per heavy atom. The molecule has 1 aliphatic carbocycles. The molecule has 4 aromatic rings. The van der Waals surface area contributed by atoms with Gasteiger partial charge in [0.05, 0.1) is 36.3 Å². The summed E-state index contributed by atoms with van der Waals surface area (Å²) in [5, 5.41) is 6.75. The Kier molecular flexibility index (Phi) is 12.9. The SMILES string of the molecule is COc1ccc2c(O[C@@H]3C[C@H]4C(=O)C[C@]5(C(=O)NS(=O)(=O)N(C)C)C[C@@H]5/C=C\CCCCC[C@H](Nc5cc(C)cc(F)c5)C(=O)N4C3)cc(-c3nc(C(C)C)cs3)nc2c1C. The molecule has 7 rings (SSSR count). The smallest absolute Gasteiger partial charge is 0.303 e. The van der Waals surface area contributed by atoms with E-state index in [-0.39, 0.29) is 49.3 Å². The first-order chi connectivity index (χ1) is 29.0. The lowest BCUT2D eigenvalue weighted by molar-refractivity contribution is -0.139. The number of benzene rings is 2. The number of nitrogens with zero attached hydrogens (tertiary/aromatic N) is 4. The van der Waals surface area contributed by atoms with E-state index in [4.69, 9.17) is 19.4 Å². The Balaban J connectivity index is 1.27. The normalized spacial score (nSPS) is 24.2. The molecule has 2 aromatic carbocycles. The second-order valence-corrected chi connectivity index (χ2v) is 19.9. The molecule has 2 amide bonds. The second kappa shape index (κ2) is 17.8. The van der Waals surface area contributed by atoms with Crippen LogP contribution in [0.1, 0.15) is 88.0 Å². The van der Waals surface area contributed by atoms with Gasteiger partial charge >= 0.3 is 10.2 Å². The van der Waals surface area contributed by atoms with Gasteiger partial charge in [0, 0.05) is 55.0 Å². The lowest BCUT2D eigenvalue weighted by atomic mass is 9.91. The molecule has 0 radical (unpaired) electrons. The summed E-state index contributed by atoms with van der Waals surface area (Å²) in [4.78, 5) is 55.1. The number of hydrogen-bond donors (Lipinski definition) is 2. The van der Waals surface area contributed by atoms with E-state index in [1.54, 1.807) is 25.0 Å². The minimum atomic E-state index is -4.14. The number of halogens is 1. The van der Waals surface area contributed by atoms with Crippen LogP contribution in [0.2, 0.25) is 0 Å². The number of aromatic nitrogens is 2. The molecule has 4 heterocycles. The monoisotopic (exact) mass is 874 g/mol. The molecule has 2 N–H and O–H groups in total. The summed E-state index contributed by atoms with van der Waals surface area (Å²) in [6.07, 6.45) is 6.87. The van der Waals surface area contributed by atoms with Gasteiger partial charge in [-0.25, -0.2) is 19.1 Å². The maximum Gasteiger partial charge on any atom is 0.303 e. The van der Waals surface area contributed by atoms with Gasteiger partial charge in [0.1, 0.15) is 40.2 Å². The van der Waals surface area contributed by atoms with Crippen molar-refractivity contribution in [3.05, 3.63) is 76.6 Å². The number of hydrogen-bond acceptors (Lipinski definition) is 11. The standard InChI is InChI=1S/C45H55FN6O7S2/c1-26(2)36-25-60-42(49-36)35-21-40(33-15-16-39(58-7)28(4)41(33)48-35)59-32-20-37-38(53)23-45(44(55)50-61(56,57)51(5)6)22-29(45)13-11-9-8-10-12-14-34(43(54)52(37)24-32)47-31-18-27(3)17-30(46)19-31/h11,13,15-19,21,25-26,29,32,34,37,47H,8-10,12,14,20,22-24H2,1-7H3,(H,50,55)/b13-11-/t29-,32+,34-,37-,45+/m0/s1. The number of carbonyl (C=O) groups is 3. The molecule has 0 bridgehead atoms. The fourth-order valence-corrected chi connectivity index (χ4v) is 10.0. The molecule has 0 spiro atoms. The zero-order valence-electron chi connectivity index (χ0n) is 35.8. The third-order valence-electron chi connectivity index (χ3n) is 12.1. The van der Waals surface area contributed by atoms with Gasteiger partial charge in [-0.05, 0) is 87.3 Å². The number of Topliss-reactive ketones (excluding diaryl/α,β-unsaturated/α-hetero) is 1. The van der Waals surface area contributed by atoms with Gasteiger partial charge in [-0.2, -0.15) is 12.7 Å². The van der Waals surface area contributed by atoms with Crippen LogP contribution in [0.5, 0.6) is 11.5 Å². The first-order valence-corrected chi connectivity index (χ1v) is 23.2. The van der Waals surface area contributed by atoms with E-state index in [1.165, 1.54) is 37.6 Å². The summed E-state index contributed by atoms with van der Waals surface area (Å²) in [6.45, 7) is 7.92. The molecule has 0 unspecified atom stereocenters. The van der Waals surface area contributed by atoms with Crippen LogP contribution in [0.15, 0.2) is 53.9 Å². The van der Waals surface area contributed by atoms with E-state index in [1.807, 2.05) is 42.7 Å². The van der Waals surface area contributed by atoms with Crippen molar-refractivity contribution in [3.8, 4) is 22.2 Å². The van der Waals surface area contributed by atoms with Crippen LogP contribution in [0.3, 0.4) is 0 Å². The largest absolute Gasteiger partial charge is 0.496 e. The van der Waals surface area contributed by atoms with E-state index in [2.05, 4.69) is 23.9 Å². The Morgan fingerprint density at radius 1 is 1.07 bits per heavy atom. The van der Waals surface area contributed by atoms with Gasteiger partial charge < -0.3 is 19.7 Å². The highest BCUT2D eigenvalue weighted by Crippen LogP contribution is 2.57. The number of thiazole rings is 1. The number of ether oxygens (including phenoxy) is 2. The van der Waals surface area contributed by atoms with Gasteiger partial charge in [0.25, 0.3) is 0 Å². The van der Waals surface area contributed by atoms with Crippen molar-refractivity contribution < 1.29 is 36.7 Å². The number of methoxy groups -OCH3 is 1. The molecule has 61 heavy (non-hydrogen) atoms. The van der Waals surface area contributed by atoms with Gasteiger partial charge in [-0.1, -0.05) is 38.8 Å². The summed E-state index contributed by atoms with van der Waals surface area (Å²) in [6, 6.07) is 8.33. The molecular weight excluding hydrogens is 820 g/mol. The molecular formula is C45H55FN6O7S2. The summed E-state index contributed by atoms with van der Waals surface area (Å²) in [5.74, 6) is -0.872. The molecule has 2 aliphatic heterocycles. The van der Waals surface area contributed by atoms with Crippen molar-refractivity contribution in [1.82, 2.24) is 23.9 Å². The summed E-state index contributed by atoms with van der Waals surface area (Å²) in [5.41, 5.74) is 2.86. The number of amides is 2. The highest BCUT2D eigenvalue weighted by molar-refractivity contribution is 7.87. The van der Waals surface area contributed by atoms with Gasteiger partial charge in [0.2, 0.25) is 11.8 Å². The summed E-state index contributed by atoms with van der Waals surface area (Å²) >= 11 is 1.49. The van der Waals surface area contributed by atoms with Gasteiger partial charge in [0.15, 0.2) is 5.78 Å². The maximum absolute atomic E-state index is 14.9. The zero-order chi connectivity index (χ0) is 43.8. The summed E-state index contributed by atoms with van der Waals surface area (Å²) in [7, 11) is 0.104. The van der Waals surface area contributed by atoms with Crippen molar-refractivity contribution in [1.29, 1.82) is 0 Å². The van der Waals surface area contributed by atoms with Gasteiger partial charge in [-0.15, -0.1) is 11.3 Å². The third kappa shape index (κ3) is 9.46.